The van der Waals surface area contributed by atoms with Crippen molar-refractivity contribution in [3.63, 3.8) is 0 Å². The SMILES string of the molecule is CC(C)CN1CCN(C(=O)C2CCCCC2C(=O)O)CC1. The molecule has 1 aliphatic carbocycles. The van der Waals surface area contributed by atoms with Gasteiger partial charge < -0.3 is 10.0 Å². The first-order valence-electron chi connectivity index (χ1n) is 8.23. The first-order chi connectivity index (χ1) is 9.99. The van der Waals surface area contributed by atoms with Gasteiger partial charge >= 0.3 is 5.97 Å². The minimum absolute atomic E-state index is 0.0753. The summed E-state index contributed by atoms with van der Waals surface area (Å²) in [4.78, 5) is 28.3. The molecule has 0 aromatic rings. The third-order valence-corrected chi connectivity index (χ3v) is 4.71. The van der Waals surface area contributed by atoms with Gasteiger partial charge in [0, 0.05) is 32.7 Å². The van der Waals surface area contributed by atoms with Crippen LogP contribution in [0.5, 0.6) is 0 Å². The highest BCUT2D eigenvalue weighted by molar-refractivity contribution is 5.85. The van der Waals surface area contributed by atoms with Gasteiger partial charge in [-0.25, -0.2) is 0 Å². The minimum Gasteiger partial charge on any atom is -0.481 e. The van der Waals surface area contributed by atoms with Gasteiger partial charge in [-0.1, -0.05) is 26.7 Å². The Morgan fingerprint density at radius 3 is 2.14 bits per heavy atom. The molecule has 1 heterocycles. The van der Waals surface area contributed by atoms with Crippen molar-refractivity contribution in [2.75, 3.05) is 32.7 Å². The van der Waals surface area contributed by atoms with E-state index in [0.717, 1.165) is 52.0 Å². The summed E-state index contributed by atoms with van der Waals surface area (Å²) < 4.78 is 0. The molecule has 2 unspecified atom stereocenters. The van der Waals surface area contributed by atoms with Gasteiger partial charge in [-0.15, -0.1) is 0 Å². The Labute approximate surface area is 127 Å². The number of carbonyl (C=O) groups excluding carboxylic acids is 1. The summed E-state index contributed by atoms with van der Waals surface area (Å²) >= 11 is 0. The highest BCUT2D eigenvalue weighted by Crippen LogP contribution is 2.32. The quantitative estimate of drug-likeness (QED) is 0.857. The molecule has 5 nitrogen and oxygen atoms in total. The number of carboxylic acid groups (broad SMARTS) is 1. The molecule has 21 heavy (non-hydrogen) atoms. The van der Waals surface area contributed by atoms with E-state index in [1.165, 1.54) is 0 Å². The van der Waals surface area contributed by atoms with Gasteiger partial charge in [0.15, 0.2) is 0 Å². The lowest BCUT2D eigenvalue weighted by Gasteiger charge is -2.38. The van der Waals surface area contributed by atoms with Crippen LogP contribution in [-0.4, -0.2) is 59.5 Å². The summed E-state index contributed by atoms with van der Waals surface area (Å²) in [5.74, 6) is -0.854. The van der Waals surface area contributed by atoms with Crippen LogP contribution in [0.1, 0.15) is 39.5 Å². The largest absolute Gasteiger partial charge is 0.481 e. The van der Waals surface area contributed by atoms with Crippen LogP contribution in [-0.2, 0) is 9.59 Å². The molecule has 0 aromatic heterocycles. The molecule has 120 valence electrons. The highest BCUT2D eigenvalue weighted by atomic mass is 16.4. The van der Waals surface area contributed by atoms with Gasteiger partial charge in [0.2, 0.25) is 5.91 Å². The van der Waals surface area contributed by atoms with Crippen molar-refractivity contribution in [1.29, 1.82) is 0 Å². The zero-order chi connectivity index (χ0) is 15.4. The van der Waals surface area contributed by atoms with E-state index in [2.05, 4.69) is 18.7 Å². The molecular weight excluding hydrogens is 268 g/mol. The Kier molecular flexibility index (Phi) is 5.62. The molecule has 1 amide bonds. The molecule has 1 N–H and O–H groups in total. The highest BCUT2D eigenvalue weighted by Gasteiger charge is 2.38. The molecule has 0 bridgehead atoms. The maximum Gasteiger partial charge on any atom is 0.307 e. The first-order valence-corrected chi connectivity index (χ1v) is 8.23. The molecule has 0 spiro atoms. The molecule has 0 radical (unpaired) electrons. The average Bonchev–Trinajstić information content (AvgIpc) is 2.46. The molecule has 0 aromatic carbocycles. The number of carboxylic acids is 1. The predicted octanol–water partition coefficient (Wildman–Crippen LogP) is 1.68. The van der Waals surface area contributed by atoms with Crippen LogP contribution in [0.4, 0.5) is 0 Å². The van der Waals surface area contributed by atoms with Crippen molar-refractivity contribution in [3.05, 3.63) is 0 Å². The Bertz CT molecular complexity index is 376. The standard InChI is InChI=1S/C16H28N2O3/c1-12(2)11-17-7-9-18(10-8-17)15(19)13-5-3-4-6-14(13)16(20)21/h12-14H,3-11H2,1-2H3,(H,20,21). The van der Waals surface area contributed by atoms with Crippen molar-refractivity contribution in [1.82, 2.24) is 9.80 Å². The lowest BCUT2D eigenvalue weighted by Crippen LogP contribution is -2.52. The summed E-state index contributed by atoms with van der Waals surface area (Å²) in [5, 5.41) is 9.32. The fourth-order valence-electron chi connectivity index (χ4n) is 3.62. The lowest BCUT2D eigenvalue weighted by atomic mass is 9.78. The molecule has 2 rings (SSSR count). The van der Waals surface area contributed by atoms with Crippen molar-refractivity contribution in [2.24, 2.45) is 17.8 Å². The predicted molar refractivity (Wildman–Crippen MR) is 80.9 cm³/mol. The Morgan fingerprint density at radius 2 is 1.62 bits per heavy atom. The molecule has 2 atom stereocenters. The van der Waals surface area contributed by atoms with Gasteiger partial charge in [-0.3, -0.25) is 14.5 Å². The summed E-state index contributed by atoms with van der Waals surface area (Å²) in [6, 6.07) is 0. The van der Waals surface area contributed by atoms with Crippen LogP contribution in [0.3, 0.4) is 0 Å². The van der Waals surface area contributed by atoms with Gasteiger partial charge in [0.1, 0.15) is 0 Å². The molecule has 1 saturated heterocycles. The second kappa shape index (κ2) is 7.25. The maximum absolute atomic E-state index is 12.6. The summed E-state index contributed by atoms with van der Waals surface area (Å²) in [7, 11) is 0. The van der Waals surface area contributed by atoms with Crippen LogP contribution >= 0.6 is 0 Å². The van der Waals surface area contributed by atoms with E-state index in [4.69, 9.17) is 0 Å². The molecular formula is C16H28N2O3. The molecule has 1 aliphatic heterocycles. The lowest BCUT2D eigenvalue weighted by molar-refractivity contribution is -0.153. The Hall–Kier alpha value is -1.10. The average molecular weight is 296 g/mol. The Balaban J connectivity index is 1.90. The van der Waals surface area contributed by atoms with E-state index in [1.807, 2.05) is 4.90 Å². The van der Waals surface area contributed by atoms with E-state index in [0.29, 0.717) is 12.3 Å². The second-order valence-corrected chi connectivity index (χ2v) is 6.86. The summed E-state index contributed by atoms with van der Waals surface area (Å²) in [5.41, 5.74) is 0. The van der Waals surface area contributed by atoms with E-state index in [9.17, 15) is 14.7 Å². The van der Waals surface area contributed by atoms with Crippen LogP contribution in [0.2, 0.25) is 0 Å². The van der Waals surface area contributed by atoms with Gasteiger partial charge in [0.05, 0.1) is 11.8 Å². The minimum atomic E-state index is -0.800. The van der Waals surface area contributed by atoms with E-state index >= 15 is 0 Å². The number of amides is 1. The van der Waals surface area contributed by atoms with Crippen molar-refractivity contribution < 1.29 is 14.7 Å². The van der Waals surface area contributed by atoms with Gasteiger partial charge in [-0.2, -0.15) is 0 Å². The molecule has 2 fully saturated rings. The third-order valence-electron chi connectivity index (χ3n) is 4.71. The van der Waals surface area contributed by atoms with Crippen LogP contribution in [0.25, 0.3) is 0 Å². The number of carbonyl (C=O) groups is 2. The second-order valence-electron chi connectivity index (χ2n) is 6.86. The smallest absolute Gasteiger partial charge is 0.307 e. The molecule has 2 aliphatic rings. The number of rotatable bonds is 4. The Morgan fingerprint density at radius 1 is 1.05 bits per heavy atom. The third kappa shape index (κ3) is 4.19. The van der Waals surface area contributed by atoms with Gasteiger partial charge in [-0.05, 0) is 18.8 Å². The summed E-state index contributed by atoms with van der Waals surface area (Å²) in [6.45, 7) is 8.79. The van der Waals surface area contributed by atoms with Crippen molar-refractivity contribution in [2.45, 2.75) is 39.5 Å². The van der Waals surface area contributed by atoms with E-state index in [1.54, 1.807) is 0 Å². The maximum atomic E-state index is 12.6. The number of piperazine rings is 1. The number of hydrogen-bond acceptors (Lipinski definition) is 3. The van der Waals surface area contributed by atoms with Gasteiger partial charge in [0.25, 0.3) is 0 Å². The van der Waals surface area contributed by atoms with Crippen LogP contribution < -0.4 is 0 Å². The van der Waals surface area contributed by atoms with Crippen molar-refractivity contribution >= 4 is 11.9 Å². The van der Waals surface area contributed by atoms with E-state index < -0.39 is 11.9 Å². The number of nitrogens with zero attached hydrogens (tertiary/aromatic N) is 2. The fraction of sp³-hybridized carbons (Fsp3) is 0.875. The van der Waals surface area contributed by atoms with Crippen LogP contribution in [0, 0.1) is 17.8 Å². The molecule has 1 saturated carbocycles. The molecule has 5 heteroatoms. The number of aliphatic carboxylic acids is 1. The topological polar surface area (TPSA) is 60.9 Å². The fourth-order valence-corrected chi connectivity index (χ4v) is 3.62. The van der Waals surface area contributed by atoms with Crippen LogP contribution in [0.15, 0.2) is 0 Å². The first kappa shape index (κ1) is 16.3. The van der Waals surface area contributed by atoms with E-state index in [-0.39, 0.29) is 11.8 Å². The van der Waals surface area contributed by atoms with Crippen molar-refractivity contribution in [3.8, 4) is 0 Å². The normalized spacial score (nSPS) is 27.9. The zero-order valence-corrected chi connectivity index (χ0v) is 13.3. The zero-order valence-electron chi connectivity index (χ0n) is 13.3. The monoisotopic (exact) mass is 296 g/mol. The summed E-state index contributed by atoms with van der Waals surface area (Å²) in [6.07, 6.45) is 3.30. The number of hydrogen-bond donors (Lipinski definition) is 1.